The number of anilines is 1. The van der Waals surface area contributed by atoms with E-state index in [1.165, 1.54) is 0 Å². The fraction of sp³-hybridized carbons (Fsp3) is 0.364. The summed E-state index contributed by atoms with van der Waals surface area (Å²) in [6.07, 6.45) is 0. The number of para-hydroxylation sites is 1. The highest BCUT2D eigenvalue weighted by Gasteiger charge is 2.10. The Morgan fingerprint density at radius 3 is 2.87 bits per heavy atom. The van der Waals surface area contributed by atoms with Gasteiger partial charge in [-0.25, -0.2) is 4.98 Å². The molecular weight excluding hydrogens is 190 g/mol. The molecule has 4 nitrogen and oxygen atoms in total. The first-order valence-corrected chi connectivity index (χ1v) is 5.15. The van der Waals surface area contributed by atoms with E-state index in [0.29, 0.717) is 12.6 Å². The van der Waals surface area contributed by atoms with Gasteiger partial charge in [-0.2, -0.15) is 0 Å². The molecule has 0 spiro atoms. The van der Waals surface area contributed by atoms with Gasteiger partial charge in [0.15, 0.2) is 0 Å². The summed E-state index contributed by atoms with van der Waals surface area (Å²) in [4.78, 5) is 4.32. The van der Waals surface area contributed by atoms with E-state index in [4.69, 9.17) is 10.5 Å². The van der Waals surface area contributed by atoms with Crippen molar-refractivity contribution in [3.63, 3.8) is 0 Å². The van der Waals surface area contributed by atoms with E-state index in [0.717, 1.165) is 23.3 Å². The average Bonchev–Trinajstić information content (AvgIpc) is 2.55. The first-order chi connectivity index (χ1) is 7.27. The van der Waals surface area contributed by atoms with E-state index < -0.39 is 0 Å². The molecule has 0 aliphatic heterocycles. The molecule has 2 rings (SSSR count). The van der Waals surface area contributed by atoms with Crippen LogP contribution in [0.4, 0.5) is 5.95 Å². The number of ether oxygens (including phenoxy) is 1. The predicted molar refractivity (Wildman–Crippen MR) is 61.0 cm³/mol. The third-order valence-electron chi connectivity index (χ3n) is 2.39. The monoisotopic (exact) mass is 205 g/mol. The fourth-order valence-corrected chi connectivity index (χ4v) is 1.74. The summed E-state index contributed by atoms with van der Waals surface area (Å²) in [6.45, 7) is 5.46. The number of nitrogen functional groups attached to an aromatic ring is 1. The molecule has 0 bridgehead atoms. The molecule has 0 aliphatic rings. The van der Waals surface area contributed by atoms with Crippen molar-refractivity contribution >= 4 is 17.0 Å². The van der Waals surface area contributed by atoms with Crippen molar-refractivity contribution in [1.29, 1.82) is 0 Å². The van der Waals surface area contributed by atoms with Crippen LogP contribution in [0.1, 0.15) is 13.8 Å². The zero-order chi connectivity index (χ0) is 10.8. The van der Waals surface area contributed by atoms with Crippen LogP contribution in [-0.4, -0.2) is 16.2 Å². The molecule has 4 heteroatoms. The van der Waals surface area contributed by atoms with Crippen LogP contribution >= 0.6 is 0 Å². The van der Waals surface area contributed by atoms with E-state index in [9.17, 15) is 0 Å². The SMILES string of the molecule is CCOc1cccc2c1nc(N)n2CC. The topological polar surface area (TPSA) is 53.1 Å². The van der Waals surface area contributed by atoms with Gasteiger partial charge in [0.2, 0.25) is 5.95 Å². The number of imidazole rings is 1. The Hall–Kier alpha value is -1.71. The van der Waals surface area contributed by atoms with Crippen LogP contribution in [0.3, 0.4) is 0 Å². The fourth-order valence-electron chi connectivity index (χ4n) is 1.74. The molecule has 0 aliphatic carbocycles. The normalized spacial score (nSPS) is 10.8. The van der Waals surface area contributed by atoms with Crippen molar-refractivity contribution in [2.45, 2.75) is 20.4 Å². The second-order valence-electron chi connectivity index (χ2n) is 3.27. The zero-order valence-corrected chi connectivity index (χ0v) is 9.03. The Bertz CT molecular complexity index is 476. The minimum absolute atomic E-state index is 0.541. The maximum atomic E-state index is 5.83. The number of aryl methyl sites for hydroxylation is 1. The molecule has 0 unspecified atom stereocenters. The third kappa shape index (κ3) is 1.52. The number of fused-ring (bicyclic) bond motifs is 1. The number of hydrogen-bond acceptors (Lipinski definition) is 3. The van der Waals surface area contributed by atoms with Gasteiger partial charge in [0.25, 0.3) is 0 Å². The zero-order valence-electron chi connectivity index (χ0n) is 9.03. The minimum atomic E-state index is 0.541. The van der Waals surface area contributed by atoms with Crippen LogP contribution in [-0.2, 0) is 6.54 Å². The molecule has 0 amide bonds. The van der Waals surface area contributed by atoms with Crippen molar-refractivity contribution in [1.82, 2.24) is 9.55 Å². The standard InChI is InChI=1S/C11H15N3O/c1-3-14-8-6-5-7-9(15-4-2)10(8)13-11(14)12/h5-7H,3-4H2,1-2H3,(H2,12,13). The summed E-state index contributed by atoms with van der Waals surface area (Å²) in [5, 5.41) is 0. The Balaban J connectivity index is 2.66. The predicted octanol–water partition coefficient (Wildman–Crippen LogP) is 2.04. The number of hydrogen-bond donors (Lipinski definition) is 1. The highest BCUT2D eigenvalue weighted by Crippen LogP contribution is 2.26. The quantitative estimate of drug-likeness (QED) is 0.834. The first-order valence-electron chi connectivity index (χ1n) is 5.15. The molecule has 1 aromatic carbocycles. The van der Waals surface area contributed by atoms with Crippen LogP contribution in [0.2, 0.25) is 0 Å². The average molecular weight is 205 g/mol. The molecule has 80 valence electrons. The van der Waals surface area contributed by atoms with E-state index in [2.05, 4.69) is 4.98 Å². The smallest absolute Gasteiger partial charge is 0.201 e. The van der Waals surface area contributed by atoms with Crippen molar-refractivity contribution < 1.29 is 4.74 Å². The number of nitrogens with two attached hydrogens (primary N) is 1. The summed E-state index contributed by atoms with van der Waals surface area (Å²) in [6, 6.07) is 5.88. The van der Waals surface area contributed by atoms with Crippen LogP contribution in [0.15, 0.2) is 18.2 Å². The first kappa shape index (κ1) is 9.83. The van der Waals surface area contributed by atoms with Gasteiger partial charge in [0.05, 0.1) is 12.1 Å². The van der Waals surface area contributed by atoms with Crippen LogP contribution in [0.5, 0.6) is 5.75 Å². The van der Waals surface area contributed by atoms with Gasteiger partial charge in [-0.05, 0) is 26.0 Å². The second kappa shape index (κ2) is 3.81. The van der Waals surface area contributed by atoms with Crippen molar-refractivity contribution in [2.24, 2.45) is 0 Å². The van der Waals surface area contributed by atoms with Gasteiger partial charge < -0.3 is 15.0 Å². The number of nitrogens with zero attached hydrogens (tertiary/aromatic N) is 2. The molecule has 2 aromatic rings. The third-order valence-corrected chi connectivity index (χ3v) is 2.39. The molecule has 1 heterocycles. The molecule has 15 heavy (non-hydrogen) atoms. The van der Waals surface area contributed by atoms with E-state index in [1.807, 2.05) is 36.6 Å². The lowest BCUT2D eigenvalue weighted by Gasteiger charge is -2.04. The lowest BCUT2D eigenvalue weighted by Crippen LogP contribution is -2.00. The highest BCUT2D eigenvalue weighted by atomic mass is 16.5. The Kier molecular flexibility index (Phi) is 2.49. The summed E-state index contributed by atoms with van der Waals surface area (Å²) in [5.74, 6) is 1.34. The summed E-state index contributed by atoms with van der Waals surface area (Å²) < 4.78 is 7.47. The van der Waals surface area contributed by atoms with Crippen molar-refractivity contribution in [3.05, 3.63) is 18.2 Å². The van der Waals surface area contributed by atoms with Gasteiger partial charge in [0, 0.05) is 6.54 Å². The van der Waals surface area contributed by atoms with Gasteiger partial charge in [-0.3, -0.25) is 0 Å². The minimum Gasteiger partial charge on any atom is -0.492 e. The second-order valence-corrected chi connectivity index (χ2v) is 3.27. The van der Waals surface area contributed by atoms with Gasteiger partial charge in [-0.1, -0.05) is 6.07 Å². The molecule has 0 atom stereocenters. The van der Waals surface area contributed by atoms with E-state index >= 15 is 0 Å². The van der Waals surface area contributed by atoms with Crippen LogP contribution < -0.4 is 10.5 Å². The molecule has 0 saturated carbocycles. The van der Waals surface area contributed by atoms with Gasteiger partial charge >= 0.3 is 0 Å². The Labute approximate surface area is 88.7 Å². The van der Waals surface area contributed by atoms with E-state index in [1.54, 1.807) is 0 Å². The highest BCUT2D eigenvalue weighted by molar-refractivity contribution is 5.84. The summed E-state index contributed by atoms with van der Waals surface area (Å²) in [5.41, 5.74) is 7.70. The van der Waals surface area contributed by atoms with Gasteiger partial charge in [0.1, 0.15) is 11.3 Å². The number of aromatic nitrogens is 2. The lowest BCUT2D eigenvalue weighted by atomic mass is 10.3. The molecule has 1 aromatic heterocycles. The van der Waals surface area contributed by atoms with Crippen LogP contribution in [0.25, 0.3) is 11.0 Å². The number of benzene rings is 1. The van der Waals surface area contributed by atoms with Crippen molar-refractivity contribution in [3.8, 4) is 5.75 Å². The van der Waals surface area contributed by atoms with E-state index in [-0.39, 0.29) is 0 Å². The van der Waals surface area contributed by atoms with Gasteiger partial charge in [-0.15, -0.1) is 0 Å². The van der Waals surface area contributed by atoms with Crippen LogP contribution in [0, 0.1) is 0 Å². The molecular formula is C11H15N3O. The molecule has 0 saturated heterocycles. The number of rotatable bonds is 3. The summed E-state index contributed by atoms with van der Waals surface area (Å²) in [7, 11) is 0. The lowest BCUT2D eigenvalue weighted by molar-refractivity contribution is 0.343. The Morgan fingerprint density at radius 2 is 2.20 bits per heavy atom. The maximum Gasteiger partial charge on any atom is 0.201 e. The maximum absolute atomic E-state index is 5.83. The largest absolute Gasteiger partial charge is 0.492 e. The molecule has 0 fully saturated rings. The molecule has 2 N–H and O–H groups in total. The molecule has 0 radical (unpaired) electrons. The summed E-state index contributed by atoms with van der Waals surface area (Å²) >= 11 is 0. The van der Waals surface area contributed by atoms with Crippen molar-refractivity contribution in [2.75, 3.05) is 12.3 Å². The Morgan fingerprint density at radius 1 is 1.40 bits per heavy atom.